The Labute approximate surface area is 176 Å². The molecule has 1 amide bonds. The standard InChI is InChI=1S/C21H25N3O5S/c1-16-8-10-20(11-9-16)30(28,29)23-14-3-2-6-18(23)12-13-22-21(25)17-5-4-7-19(15-17)24(26)27/h4-5,7-11,15,18H,2-3,6,12-14H2,1H3,(H,22,25). The Morgan fingerprint density at radius 1 is 1.20 bits per heavy atom. The van der Waals surface area contributed by atoms with E-state index in [0.717, 1.165) is 24.8 Å². The van der Waals surface area contributed by atoms with Crippen molar-refractivity contribution in [1.82, 2.24) is 9.62 Å². The number of nitrogens with zero attached hydrogens (tertiary/aromatic N) is 2. The molecule has 0 bridgehead atoms. The van der Waals surface area contributed by atoms with Crippen molar-refractivity contribution in [3.8, 4) is 0 Å². The van der Waals surface area contributed by atoms with Crippen molar-refractivity contribution in [3.05, 3.63) is 69.8 Å². The molecule has 9 heteroatoms. The van der Waals surface area contributed by atoms with Crippen LogP contribution in [-0.2, 0) is 10.0 Å². The number of carbonyl (C=O) groups is 1. The van der Waals surface area contributed by atoms with Gasteiger partial charge in [0, 0.05) is 36.8 Å². The average molecular weight is 432 g/mol. The molecule has 160 valence electrons. The highest BCUT2D eigenvalue weighted by Gasteiger charge is 2.33. The molecule has 30 heavy (non-hydrogen) atoms. The number of hydrogen-bond acceptors (Lipinski definition) is 5. The van der Waals surface area contributed by atoms with Gasteiger partial charge in [-0.1, -0.05) is 30.2 Å². The molecular formula is C21H25N3O5S. The first-order chi connectivity index (χ1) is 14.3. The first kappa shape index (κ1) is 21.9. The van der Waals surface area contributed by atoms with E-state index in [0.29, 0.717) is 13.0 Å². The lowest BCUT2D eigenvalue weighted by atomic mass is 10.0. The average Bonchev–Trinajstić information content (AvgIpc) is 2.74. The molecule has 0 aliphatic carbocycles. The number of carbonyl (C=O) groups excluding carboxylic acids is 1. The molecule has 2 aromatic rings. The second-order valence-electron chi connectivity index (χ2n) is 7.43. The van der Waals surface area contributed by atoms with E-state index >= 15 is 0 Å². The van der Waals surface area contributed by atoms with E-state index in [1.54, 1.807) is 28.6 Å². The number of non-ortho nitro benzene ring substituents is 1. The maximum Gasteiger partial charge on any atom is 0.270 e. The number of piperidine rings is 1. The van der Waals surface area contributed by atoms with Crippen LogP contribution in [0.4, 0.5) is 5.69 Å². The summed E-state index contributed by atoms with van der Waals surface area (Å²) in [5, 5.41) is 13.6. The van der Waals surface area contributed by atoms with Crippen LogP contribution in [0.5, 0.6) is 0 Å². The van der Waals surface area contributed by atoms with E-state index in [9.17, 15) is 23.3 Å². The molecule has 1 fully saturated rings. The lowest BCUT2D eigenvalue weighted by molar-refractivity contribution is -0.384. The summed E-state index contributed by atoms with van der Waals surface area (Å²) in [6.07, 6.45) is 2.95. The Hall–Kier alpha value is -2.78. The summed E-state index contributed by atoms with van der Waals surface area (Å²) < 4.78 is 27.7. The molecular weight excluding hydrogens is 406 g/mol. The Balaban J connectivity index is 1.65. The molecule has 1 atom stereocenters. The van der Waals surface area contributed by atoms with Gasteiger partial charge in [0.05, 0.1) is 9.82 Å². The van der Waals surface area contributed by atoms with Gasteiger partial charge in [-0.15, -0.1) is 0 Å². The van der Waals surface area contributed by atoms with Crippen molar-refractivity contribution in [1.29, 1.82) is 0 Å². The van der Waals surface area contributed by atoms with Crippen LogP contribution in [0.25, 0.3) is 0 Å². The van der Waals surface area contributed by atoms with E-state index in [2.05, 4.69) is 5.32 Å². The van der Waals surface area contributed by atoms with Gasteiger partial charge < -0.3 is 5.32 Å². The van der Waals surface area contributed by atoms with E-state index in [-0.39, 0.29) is 28.7 Å². The first-order valence-corrected chi connectivity index (χ1v) is 11.3. The highest BCUT2D eigenvalue weighted by atomic mass is 32.2. The van der Waals surface area contributed by atoms with Gasteiger partial charge in [0.25, 0.3) is 11.6 Å². The zero-order chi connectivity index (χ0) is 21.7. The Bertz CT molecular complexity index is 1020. The number of aryl methyl sites for hydroxylation is 1. The lowest BCUT2D eigenvalue weighted by Gasteiger charge is -2.34. The summed E-state index contributed by atoms with van der Waals surface area (Å²) in [5.41, 5.74) is 1.05. The molecule has 0 spiro atoms. The van der Waals surface area contributed by atoms with Gasteiger partial charge in [-0.3, -0.25) is 14.9 Å². The van der Waals surface area contributed by atoms with Crippen molar-refractivity contribution in [2.24, 2.45) is 0 Å². The predicted octanol–water partition coefficient (Wildman–Crippen LogP) is 3.27. The van der Waals surface area contributed by atoms with Gasteiger partial charge in [0.15, 0.2) is 0 Å². The van der Waals surface area contributed by atoms with Gasteiger partial charge in [-0.25, -0.2) is 8.42 Å². The molecule has 0 aromatic heterocycles. The van der Waals surface area contributed by atoms with Gasteiger partial charge in [0.1, 0.15) is 0 Å². The van der Waals surface area contributed by atoms with Gasteiger partial charge in [0.2, 0.25) is 10.0 Å². The second kappa shape index (κ2) is 9.36. The summed E-state index contributed by atoms with van der Waals surface area (Å²) >= 11 is 0. The maximum atomic E-state index is 13.1. The highest BCUT2D eigenvalue weighted by molar-refractivity contribution is 7.89. The number of hydrogen-bond donors (Lipinski definition) is 1. The zero-order valence-electron chi connectivity index (χ0n) is 16.8. The molecule has 8 nitrogen and oxygen atoms in total. The van der Waals surface area contributed by atoms with Crippen molar-refractivity contribution in [2.75, 3.05) is 13.1 Å². The van der Waals surface area contributed by atoms with Crippen LogP contribution in [0.3, 0.4) is 0 Å². The molecule has 1 aliphatic rings. The summed E-state index contributed by atoms with van der Waals surface area (Å²) in [6.45, 7) is 2.65. The third kappa shape index (κ3) is 5.03. The molecule has 3 rings (SSSR count). The molecule has 1 saturated heterocycles. The topological polar surface area (TPSA) is 110 Å². The molecule has 2 aromatic carbocycles. The molecule has 0 radical (unpaired) electrons. The van der Waals surface area contributed by atoms with E-state index in [4.69, 9.17) is 0 Å². The molecule has 1 unspecified atom stereocenters. The van der Waals surface area contributed by atoms with E-state index in [1.165, 1.54) is 24.3 Å². The maximum absolute atomic E-state index is 13.1. The van der Waals surface area contributed by atoms with Crippen molar-refractivity contribution in [2.45, 2.75) is 43.5 Å². The SMILES string of the molecule is Cc1ccc(S(=O)(=O)N2CCCCC2CCNC(=O)c2cccc([N+](=O)[O-])c2)cc1. The normalized spacial score (nSPS) is 17.4. The number of nitrogens with one attached hydrogen (secondary N) is 1. The monoisotopic (exact) mass is 431 g/mol. The van der Waals surface area contributed by atoms with Crippen molar-refractivity contribution in [3.63, 3.8) is 0 Å². The smallest absolute Gasteiger partial charge is 0.270 e. The minimum atomic E-state index is -3.60. The summed E-state index contributed by atoms with van der Waals surface area (Å²) in [5.74, 6) is -0.414. The fourth-order valence-corrected chi connectivity index (χ4v) is 5.36. The van der Waals surface area contributed by atoms with Crippen molar-refractivity contribution >= 4 is 21.6 Å². The lowest BCUT2D eigenvalue weighted by Crippen LogP contribution is -2.45. The van der Waals surface area contributed by atoms with Gasteiger partial charge in [-0.2, -0.15) is 4.31 Å². The largest absolute Gasteiger partial charge is 0.352 e. The second-order valence-corrected chi connectivity index (χ2v) is 9.32. The highest BCUT2D eigenvalue weighted by Crippen LogP contribution is 2.27. The predicted molar refractivity (Wildman–Crippen MR) is 113 cm³/mol. The Morgan fingerprint density at radius 2 is 1.93 bits per heavy atom. The third-order valence-corrected chi connectivity index (χ3v) is 7.25. The summed E-state index contributed by atoms with van der Waals surface area (Å²) in [4.78, 5) is 22.9. The third-order valence-electron chi connectivity index (χ3n) is 5.28. The van der Waals surface area contributed by atoms with Gasteiger partial charge >= 0.3 is 0 Å². The fraction of sp³-hybridized carbons (Fsp3) is 0.381. The number of nitro benzene ring substituents is 1. The Morgan fingerprint density at radius 3 is 2.63 bits per heavy atom. The first-order valence-electron chi connectivity index (χ1n) is 9.90. The zero-order valence-corrected chi connectivity index (χ0v) is 17.6. The van der Waals surface area contributed by atoms with Crippen LogP contribution in [0, 0.1) is 17.0 Å². The van der Waals surface area contributed by atoms with E-state index in [1.807, 2.05) is 6.92 Å². The van der Waals surface area contributed by atoms with Crippen LogP contribution >= 0.6 is 0 Å². The molecule has 0 saturated carbocycles. The fourth-order valence-electron chi connectivity index (χ4n) is 3.64. The number of amides is 1. The van der Waals surface area contributed by atoms with Crippen LogP contribution in [0.2, 0.25) is 0 Å². The summed E-state index contributed by atoms with van der Waals surface area (Å²) in [6, 6.07) is 12.1. The molecule has 1 aliphatic heterocycles. The quantitative estimate of drug-likeness (QED) is 0.534. The van der Waals surface area contributed by atoms with Gasteiger partial charge in [-0.05, 0) is 44.4 Å². The number of sulfonamides is 1. The molecule has 1 N–H and O–H groups in total. The molecule has 1 heterocycles. The van der Waals surface area contributed by atoms with Crippen LogP contribution < -0.4 is 5.32 Å². The minimum Gasteiger partial charge on any atom is -0.352 e. The van der Waals surface area contributed by atoms with Crippen LogP contribution in [-0.4, -0.2) is 42.7 Å². The Kier molecular flexibility index (Phi) is 6.84. The van der Waals surface area contributed by atoms with Crippen LogP contribution in [0.1, 0.15) is 41.6 Å². The number of rotatable bonds is 7. The van der Waals surface area contributed by atoms with Crippen molar-refractivity contribution < 1.29 is 18.1 Å². The van der Waals surface area contributed by atoms with E-state index < -0.39 is 20.9 Å². The number of nitro groups is 1. The van der Waals surface area contributed by atoms with Crippen LogP contribution in [0.15, 0.2) is 53.4 Å². The number of benzene rings is 2. The summed E-state index contributed by atoms with van der Waals surface area (Å²) in [7, 11) is -3.60. The minimum absolute atomic E-state index is 0.148.